The lowest BCUT2D eigenvalue weighted by Crippen LogP contribution is -2.28. The van der Waals surface area contributed by atoms with Crippen LogP contribution >= 0.6 is 0 Å². The Morgan fingerprint density at radius 1 is 1.06 bits per heavy atom. The van der Waals surface area contributed by atoms with Gasteiger partial charge in [0.2, 0.25) is 5.91 Å². The van der Waals surface area contributed by atoms with Gasteiger partial charge in [0, 0.05) is 11.8 Å². The smallest absolute Gasteiger partial charge is 0.264 e. The predicted octanol–water partition coefficient (Wildman–Crippen LogP) is 2.61. The fourth-order valence-electron chi connectivity index (χ4n) is 3.58. The van der Waals surface area contributed by atoms with E-state index in [4.69, 9.17) is 9.47 Å². The quantitative estimate of drug-likeness (QED) is 0.533. The average molecular weight is 431 g/mol. The van der Waals surface area contributed by atoms with Gasteiger partial charge in [-0.2, -0.15) is 5.10 Å². The molecule has 5 rings (SSSR count). The lowest BCUT2D eigenvalue weighted by molar-refractivity contribution is -0.116. The normalized spacial score (nSPS) is 12.7. The predicted molar refractivity (Wildman–Crippen MR) is 119 cm³/mol. The number of aryl methyl sites for hydroxylation is 2. The summed E-state index contributed by atoms with van der Waals surface area (Å²) in [6.45, 7) is 4.84. The van der Waals surface area contributed by atoms with E-state index in [0.29, 0.717) is 41.4 Å². The zero-order chi connectivity index (χ0) is 22.2. The minimum atomic E-state index is -0.355. The summed E-state index contributed by atoms with van der Waals surface area (Å²) in [7, 11) is 0. The summed E-state index contributed by atoms with van der Waals surface area (Å²) in [5.74, 6) is 0.862. The number of ether oxygens (including phenoxy) is 2. The molecule has 0 fully saturated rings. The number of benzene rings is 2. The maximum Gasteiger partial charge on any atom is 0.264 e. The summed E-state index contributed by atoms with van der Waals surface area (Å²) in [5, 5.41) is 7.46. The Labute approximate surface area is 183 Å². The molecule has 32 heavy (non-hydrogen) atoms. The molecule has 162 valence electrons. The number of hydrogen-bond donors (Lipinski definition) is 1. The number of rotatable bonds is 4. The van der Waals surface area contributed by atoms with Crippen LogP contribution in [-0.2, 0) is 11.3 Å². The van der Waals surface area contributed by atoms with Crippen LogP contribution in [0.2, 0.25) is 0 Å². The molecule has 9 nitrogen and oxygen atoms in total. The Balaban J connectivity index is 1.38. The minimum absolute atomic E-state index is 0.176. The molecule has 1 N–H and O–H groups in total. The second-order valence-corrected chi connectivity index (χ2v) is 7.65. The van der Waals surface area contributed by atoms with Gasteiger partial charge in [-0.3, -0.25) is 14.2 Å². The van der Waals surface area contributed by atoms with Gasteiger partial charge in [-0.05, 0) is 49.2 Å². The van der Waals surface area contributed by atoms with Crippen molar-refractivity contribution in [3.05, 3.63) is 70.4 Å². The highest BCUT2D eigenvalue weighted by Crippen LogP contribution is 2.32. The number of amides is 1. The van der Waals surface area contributed by atoms with Gasteiger partial charge in [0.1, 0.15) is 31.5 Å². The molecule has 1 aliphatic rings. The van der Waals surface area contributed by atoms with E-state index < -0.39 is 0 Å². The van der Waals surface area contributed by atoms with Crippen molar-refractivity contribution < 1.29 is 14.3 Å². The maximum absolute atomic E-state index is 12.9. The average Bonchev–Trinajstić information content (AvgIpc) is 3.22. The lowest BCUT2D eigenvalue weighted by Gasteiger charge is -2.19. The molecule has 0 radical (unpaired) electrons. The molecular weight excluding hydrogens is 410 g/mol. The second-order valence-electron chi connectivity index (χ2n) is 7.65. The van der Waals surface area contributed by atoms with Crippen LogP contribution in [0.1, 0.15) is 11.1 Å². The topological polar surface area (TPSA) is 100 Å². The van der Waals surface area contributed by atoms with E-state index >= 15 is 0 Å². The van der Waals surface area contributed by atoms with Gasteiger partial charge in [0.25, 0.3) is 5.56 Å². The van der Waals surface area contributed by atoms with Crippen molar-refractivity contribution in [1.82, 2.24) is 19.3 Å². The fraction of sp³-hybridized carbons (Fsp3) is 0.217. The van der Waals surface area contributed by atoms with Crippen molar-refractivity contribution in [3.8, 4) is 17.2 Å². The van der Waals surface area contributed by atoms with Crippen molar-refractivity contribution in [2.45, 2.75) is 20.4 Å². The highest BCUT2D eigenvalue weighted by molar-refractivity contribution is 5.91. The van der Waals surface area contributed by atoms with E-state index in [2.05, 4.69) is 15.4 Å². The van der Waals surface area contributed by atoms with Crippen LogP contribution in [0.25, 0.3) is 16.7 Å². The van der Waals surface area contributed by atoms with Crippen molar-refractivity contribution >= 4 is 22.6 Å². The molecule has 1 aliphatic heterocycles. The van der Waals surface area contributed by atoms with Crippen LogP contribution in [0.5, 0.6) is 11.5 Å². The Morgan fingerprint density at radius 3 is 2.69 bits per heavy atom. The summed E-state index contributed by atoms with van der Waals surface area (Å²) in [4.78, 5) is 29.9. The molecule has 0 saturated heterocycles. The first kappa shape index (κ1) is 19.8. The number of nitrogens with one attached hydrogen (secondary N) is 1. The summed E-state index contributed by atoms with van der Waals surface area (Å²) in [6.07, 6.45) is 2.85. The number of fused-ring (bicyclic) bond motifs is 2. The van der Waals surface area contributed by atoms with E-state index in [1.165, 1.54) is 22.7 Å². The van der Waals surface area contributed by atoms with Crippen molar-refractivity contribution in [2.24, 2.45) is 0 Å². The van der Waals surface area contributed by atoms with Gasteiger partial charge in [-0.1, -0.05) is 6.07 Å². The van der Waals surface area contributed by atoms with E-state index in [1.54, 1.807) is 22.9 Å². The Kier molecular flexibility index (Phi) is 4.85. The summed E-state index contributed by atoms with van der Waals surface area (Å²) < 4.78 is 13.9. The molecule has 0 aliphatic carbocycles. The van der Waals surface area contributed by atoms with Crippen molar-refractivity contribution in [1.29, 1.82) is 0 Å². The van der Waals surface area contributed by atoms with Crippen LogP contribution in [0.3, 0.4) is 0 Å². The lowest BCUT2D eigenvalue weighted by atomic mass is 10.1. The largest absolute Gasteiger partial charge is 0.486 e. The third kappa shape index (κ3) is 3.58. The molecular formula is C23H21N5O4. The Morgan fingerprint density at radius 2 is 1.88 bits per heavy atom. The summed E-state index contributed by atoms with van der Waals surface area (Å²) >= 11 is 0. The van der Waals surface area contributed by atoms with Crippen LogP contribution in [-0.4, -0.2) is 38.5 Å². The molecule has 9 heteroatoms. The number of hydrogen-bond acceptors (Lipinski definition) is 6. The number of nitrogens with zero attached hydrogens (tertiary/aromatic N) is 4. The zero-order valence-corrected chi connectivity index (χ0v) is 17.7. The van der Waals surface area contributed by atoms with Gasteiger partial charge < -0.3 is 14.8 Å². The third-order valence-electron chi connectivity index (χ3n) is 5.43. The zero-order valence-electron chi connectivity index (χ0n) is 17.7. The molecule has 2 aromatic heterocycles. The van der Waals surface area contributed by atoms with Gasteiger partial charge in [0.05, 0.1) is 11.9 Å². The van der Waals surface area contributed by atoms with Gasteiger partial charge in [-0.25, -0.2) is 9.67 Å². The Bertz CT molecular complexity index is 1410. The first-order chi connectivity index (χ1) is 15.5. The van der Waals surface area contributed by atoms with Crippen molar-refractivity contribution in [3.63, 3.8) is 0 Å². The fourth-order valence-corrected chi connectivity index (χ4v) is 3.58. The van der Waals surface area contributed by atoms with E-state index in [0.717, 1.165) is 11.3 Å². The Hall–Kier alpha value is -4.14. The SMILES string of the molecule is Cc1ccc(-n2ncc3c(=O)n(CC(=O)Nc4ccc5c(c4)OCCO5)cnc32)cc1C. The number of carbonyl (C=O) groups is 1. The van der Waals surface area contributed by atoms with Crippen molar-refractivity contribution in [2.75, 3.05) is 18.5 Å². The maximum atomic E-state index is 12.9. The summed E-state index contributed by atoms with van der Waals surface area (Å²) in [6, 6.07) is 11.1. The van der Waals surface area contributed by atoms with Crippen LogP contribution < -0.4 is 20.3 Å². The van der Waals surface area contributed by atoms with Gasteiger partial charge >= 0.3 is 0 Å². The number of aromatic nitrogens is 4. The molecule has 0 saturated carbocycles. The van der Waals surface area contributed by atoms with E-state index in [-0.39, 0.29) is 18.0 Å². The minimum Gasteiger partial charge on any atom is -0.486 e. The molecule has 1 amide bonds. The second kappa shape index (κ2) is 7.84. The number of anilines is 1. The molecule has 2 aromatic carbocycles. The van der Waals surface area contributed by atoms with Gasteiger partial charge in [-0.15, -0.1) is 0 Å². The first-order valence-corrected chi connectivity index (χ1v) is 10.2. The molecule has 0 bridgehead atoms. The summed E-state index contributed by atoms with van der Waals surface area (Å²) in [5.41, 5.74) is 3.79. The molecule has 0 spiro atoms. The van der Waals surface area contributed by atoms with E-state index in [1.807, 2.05) is 32.0 Å². The molecule has 0 unspecified atom stereocenters. The highest BCUT2D eigenvalue weighted by Gasteiger charge is 2.15. The standard InChI is InChI=1S/C23H21N5O4/c1-14-3-5-17(9-15(14)2)28-22-18(11-25-28)23(30)27(13-24-22)12-21(29)26-16-4-6-19-20(10-16)32-8-7-31-19/h3-6,9-11,13H,7-8,12H2,1-2H3,(H,26,29). The molecule has 3 heterocycles. The number of carbonyl (C=O) groups excluding carboxylic acids is 1. The highest BCUT2D eigenvalue weighted by atomic mass is 16.6. The van der Waals surface area contributed by atoms with E-state index in [9.17, 15) is 9.59 Å². The monoisotopic (exact) mass is 431 g/mol. The van der Waals surface area contributed by atoms with Crippen LogP contribution in [0.4, 0.5) is 5.69 Å². The molecule has 0 atom stereocenters. The van der Waals surface area contributed by atoms with Crippen LogP contribution in [0.15, 0.2) is 53.7 Å². The molecule has 4 aromatic rings. The third-order valence-corrected chi connectivity index (χ3v) is 5.43. The first-order valence-electron chi connectivity index (χ1n) is 10.2. The van der Waals surface area contributed by atoms with Gasteiger partial charge in [0.15, 0.2) is 17.1 Å². The van der Waals surface area contributed by atoms with Crippen LogP contribution in [0, 0.1) is 13.8 Å².